The average Bonchev–Trinajstić information content (AvgIpc) is 3.57. The highest BCUT2D eigenvalue weighted by Gasteiger charge is 2.42. The van der Waals surface area contributed by atoms with E-state index in [4.69, 9.17) is 9.47 Å². The second-order valence-electron chi connectivity index (χ2n) is 15.1. The van der Waals surface area contributed by atoms with Gasteiger partial charge in [0.25, 0.3) is 5.56 Å². The molecule has 1 aliphatic heterocycles. The van der Waals surface area contributed by atoms with Gasteiger partial charge in [0, 0.05) is 32.8 Å². The van der Waals surface area contributed by atoms with E-state index < -0.39 is 17.5 Å². The van der Waals surface area contributed by atoms with Crippen molar-refractivity contribution in [3.05, 3.63) is 32.6 Å². The summed E-state index contributed by atoms with van der Waals surface area (Å²) in [5.41, 5.74) is -1.21. The molecule has 55 heavy (non-hydrogen) atoms. The van der Waals surface area contributed by atoms with Gasteiger partial charge < -0.3 is 20.1 Å². The van der Waals surface area contributed by atoms with E-state index in [0.717, 1.165) is 25.7 Å². The Labute approximate surface area is 334 Å². The van der Waals surface area contributed by atoms with Crippen LogP contribution in [0.4, 0.5) is 0 Å². The summed E-state index contributed by atoms with van der Waals surface area (Å²) in [6, 6.07) is 0. The van der Waals surface area contributed by atoms with E-state index in [2.05, 4.69) is 22.5 Å². The molecule has 1 saturated heterocycles. The van der Waals surface area contributed by atoms with E-state index in [-0.39, 0.29) is 29.2 Å². The first-order chi connectivity index (χ1) is 27.0. The highest BCUT2D eigenvalue weighted by Crippen LogP contribution is 2.45. The number of hydrogen-bond donors (Lipinski definition) is 3. The normalized spacial score (nSPS) is 17.6. The molecule has 0 radical (unpaired) electrons. The molecule has 1 aromatic heterocycles. The third-order valence-electron chi connectivity index (χ3n) is 11.0. The number of carbonyl (C=O) groups is 1. The largest absolute Gasteiger partial charge is 0.382 e. The van der Waals surface area contributed by atoms with Gasteiger partial charge in [-0.25, -0.2) is 9.59 Å². The Bertz CT molecular complexity index is 1270. The van der Waals surface area contributed by atoms with Crippen molar-refractivity contribution in [2.45, 2.75) is 207 Å². The highest BCUT2D eigenvalue weighted by atomic mass is 16.5. The zero-order valence-electron chi connectivity index (χ0n) is 36.1. The quantitative estimate of drug-likeness (QED) is 0.0524. The number of aromatic nitrogens is 2. The van der Waals surface area contributed by atoms with Gasteiger partial charge in [-0.3, -0.25) is 19.1 Å². The molecule has 3 unspecified atom stereocenters. The fourth-order valence-electron chi connectivity index (χ4n) is 7.66. The van der Waals surface area contributed by atoms with Crippen molar-refractivity contribution >= 4 is 17.5 Å². The lowest BCUT2D eigenvalue weighted by Gasteiger charge is -2.33. The van der Waals surface area contributed by atoms with Crippen molar-refractivity contribution in [1.82, 2.24) is 20.2 Å². The summed E-state index contributed by atoms with van der Waals surface area (Å²) in [6.45, 7) is 11.6. The Kier molecular flexibility index (Phi) is 30.6. The molecule has 2 fully saturated rings. The van der Waals surface area contributed by atoms with Gasteiger partial charge in [-0.05, 0) is 31.1 Å². The molecule has 10 nitrogen and oxygen atoms in total. The van der Waals surface area contributed by atoms with E-state index in [0.29, 0.717) is 44.9 Å². The molecular weight excluding hydrogens is 693 g/mol. The third kappa shape index (κ3) is 20.9. The fraction of sp³-hybridized carbons (Fsp3) is 0.844. The van der Waals surface area contributed by atoms with Gasteiger partial charge in [0.15, 0.2) is 5.94 Å². The molecule has 0 spiro atoms. The number of ether oxygens (including phenoxy) is 2. The highest BCUT2D eigenvalue weighted by molar-refractivity contribution is 5.85. The van der Waals surface area contributed by atoms with Crippen LogP contribution < -0.4 is 21.9 Å². The second-order valence-corrected chi connectivity index (χ2v) is 15.1. The SMILES string of the molecule is CC.CC.CCCCCCCCCCCCCCCCCCCCCC(=O)NCCCNC(=C=O)c1cn(C2CC(C3CCC3)C(COC)O2)c(=O)[nH]c1=O. The molecule has 1 aliphatic carbocycles. The van der Waals surface area contributed by atoms with Crippen LogP contribution in [0.3, 0.4) is 0 Å². The molecular formula is C45H82N4O6. The lowest BCUT2D eigenvalue weighted by Crippen LogP contribution is -2.35. The van der Waals surface area contributed by atoms with Crippen molar-refractivity contribution in [2.24, 2.45) is 11.8 Å². The number of hydrogen-bond acceptors (Lipinski definition) is 7. The van der Waals surface area contributed by atoms with Crippen LogP contribution in [0, 0.1) is 11.8 Å². The number of carbonyl (C=O) groups excluding carboxylic acids is 2. The van der Waals surface area contributed by atoms with Crippen LogP contribution in [0.1, 0.15) is 207 Å². The lowest BCUT2D eigenvalue weighted by molar-refractivity contribution is -0.121. The maximum absolute atomic E-state index is 12.8. The Morgan fingerprint density at radius 1 is 0.800 bits per heavy atom. The Morgan fingerprint density at radius 3 is 1.78 bits per heavy atom. The van der Waals surface area contributed by atoms with Gasteiger partial charge in [0.1, 0.15) is 11.9 Å². The topological polar surface area (TPSA) is 132 Å². The summed E-state index contributed by atoms with van der Waals surface area (Å²) in [7, 11) is 1.64. The van der Waals surface area contributed by atoms with Gasteiger partial charge in [-0.1, -0.05) is 169 Å². The molecule has 10 heteroatoms. The van der Waals surface area contributed by atoms with E-state index in [9.17, 15) is 19.2 Å². The van der Waals surface area contributed by atoms with Crippen LogP contribution in [-0.2, 0) is 19.1 Å². The monoisotopic (exact) mass is 775 g/mol. The third-order valence-corrected chi connectivity index (χ3v) is 11.0. The molecule has 0 bridgehead atoms. The first-order valence-corrected chi connectivity index (χ1v) is 22.7. The van der Waals surface area contributed by atoms with Crippen LogP contribution in [0.25, 0.3) is 5.70 Å². The standard InChI is InChI=1S/C41H70N4O6.2C2H6/c1-3-4-5-6-7-8-9-10-11-12-13-14-15-16-17-18-19-20-21-26-38(47)43-28-23-27-42-36(31-46)35-30-45(41(49)44-40(35)48)39-29-34(33-24-22-25-33)37(51-39)32-50-2;2*1-2/h30,33-34,37,39,42H,3-29,32H2,1-2H3,(H,43,47)(H,44,48,49);2*1-2H3. The van der Waals surface area contributed by atoms with Crippen molar-refractivity contribution < 1.29 is 19.1 Å². The van der Waals surface area contributed by atoms with Gasteiger partial charge in [-0.15, -0.1) is 0 Å². The molecule has 2 heterocycles. The predicted molar refractivity (Wildman–Crippen MR) is 228 cm³/mol. The summed E-state index contributed by atoms with van der Waals surface area (Å²) in [4.78, 5) is 51.9. The average molecular weight is 775 g/mol. The van der Waals surface area contributed by atoms with Crippen LogP contribution >= 0.6 is 0 Å². The van der Waals surface area contributed by atoms with E-state index in [1.807, 2.05) is 33.6 Å². The molecule has 1 aromatic rings. The summed E-state index contributed by atoms with van der Waals surface area (Å²) >= 11 is 0. The van der Waals surface area contributed by atoms with Gasteiger partial charge in [0.05, 0.1) is 18.3 Å². The fourth-order valence-corrected chi connectivity index (χ4v) is 7.66. The van der Waals surface area contributed by atoms with Crippen LogP contribution in [0.15, 0.2) is 15.8 Å². The molecule has 318 valence electrons. The van der Waals surface area contributed by atoms with Crippen molar-refractivity contribution in [2.75, 3.05) is 26.8 Å². The number of nitrogens with zero attached hydrogens (tertiary/aromatic N) is 1. The predicted octanol–water partition coefficient (Wildman–Crippen LogP) is 10.0. The van der Waals surface area contributed by atoms with Crippen LogP contribution in [0.5, 0.6) is 0 Å². The zero-order valence-corrected chi connectivity index (χ0v) is 36.1. The summed E-state index contributed by atoms with van der Waals surface area (Å²) in [5, 5.41) is 5.91. The molecule has 3 rings (SSSR count). The van der Waals surface area contributed by atoms with Crippen molar-refractivity contribution in [3.63, 3.8) is 0 Å². The van der Waals surface area contributed by atoms with E-state index in [1.54, 1.807) is 7.11 Å². The number of rotatable bonds is 30. The lowest BCUT2D eigenvalue weighted by atomic mass is 9.73. The van der Waals surface area contributed by atoms with E-state index >= 15 is 0 Å². The summed E-state index contributed by atoms with van der Waals surface area (Å²) in [6.07, 6.45) is 31.2. The number of nitrogens with one attached hydrogen (secondary N) is 3. The van der Waals surface area contributed by atoms with Crippen molar-refractivity contribution in [1.29, 1.82) is 0 Å². The first-order valence-electron chi connectivity index (χ1n) is 22.7. The minimum absolute atomic E-state index is 0.0209. The molecule has 3 atom stereocenters. The minimum Gasteiger partial charge on any atom is -0.382 e. The Balaban J connectivity index is 0.00000365. The molecule has 1 amide bonds. The van der Waals surface area contributed by atoms with Crippen LogP contribution in [0.2, 0.25) is 0 Å². The Morgan fingerprint density at radius 2 is 1.31 bits per heavy atom. The molecule has 1 saturated carbocycles. The number of amides is 1. The molecule has 0 aromatic carbocycles. The van der Waals surface area contributed by atoms with Gasteiger partial charge in [-0.2, -0.15) is 0 Å². The molecule has 3 N–H and O–H groups in total. The van der Waals surface area contributed by atoms with Crippen LogP contribution in [-0.4, -0.2) is 54.3 Å². The Hall–Kier alpha value is -2.68. The number of aromatic amines is 1. The minimum atomic E-state index is -0.656. The molecule has 2 aliphatic rings. The van der Waals surface area contributed by atoms with Gasteiger partial charge >= 0.3 is 5.69 Å². The smallest absolute Gasteiger partial charge is 0.330 e. The maximum Gasteiger partial charge on any atom is 0.330 e. The first kappa shape index (κ1) is 50.3. The van der Waals surface area contributed by atoms with Gasteiger partial charge in [0.2, 0.25) is 5.91 Å². The maximum atomic E-state index is 12.8. The zero-order chi connectivity index (χ0) is 40.5. The second kappa shape index (κ2) is 33.5. The van der Waals surface area contributed by atoms with Crippen molar-refractivity contribution in [3.8, 4) is 0 Å². The summed E-state index contributed by atoms with van der Waals surface area (Å²) < 4.78 is 13.0. The number of methoxy groups -OCH3 is 1. The number of H-pyrrole nitrogens is 1. The van der Waals surface area contributed by atoms with E-state index in [1.165, 1.54) is 126 Å². The summed E-state index contributed by atoms with van der Waals surface area (Å²) in [5.74, 6) is 2.69. The number of unbranched alkanes of at least 4 members (excludes halogenated alkanes) is 18.